The van der Waals surface area contributed by atoms with Crippen LogP contribution in [0.25, 0.3) is 0 Å². The summed E-state index contributed by atoms with van der Waals surface area (Å²) in [5.74, 6) is -0.604. The maximum Gasteiger partial charge on any atom is 0.348 e. The molecule has 2 heterocycles. The molecule has 130 valence electrons. The normalized spacial score (nSPS) is 13.0. The molecule has 1 aliphatic heterocycles. The number of anilines is 2. The fourth-order valence-corrected chi connectivity index (χ4v) is 3.47. The van der Waals surface area contributed by atoms with E-state index in [9.17, 15) is 14.4 Å². The van der Waals surface area contributed by atoms with Crippen molar-refractivity contribution in [2.24, 2.45) is 0 Å². The third-order valence-electron chi connectivity index (χ3n) is 3.42. The summed E-state index contributed by atoms with van der Waals surface area (Å²) < 4.78 is 10.8. The number of hydrogen-bond acceptors (Lipinski definition) is 6. The van der Waals surface area contributed by atoms with Gasteiger partial charge in [-0.3, -0.25) is 14.5 Å². The first-order chi connectivity index (χ1) is 12.0. The zero-order valence-electron chi connectivity index (χ0n) is 13.1. The number of rotatable bonds is 4. The zero-order chi connectivity index (χ0) is 18.0. The molecule has 0 aliphatic carbocycles. The molecular weight excluding hydrogens is 412 g/mol. The lowest BCUT2D eigenvalue weighted by Gasteiger charge is -2.28. The van der Waals surface area contributed by atoms with E-state index in [-0.39, 0.29) is 25.0 Å². The molecule has 2 aromatic rings. The molecule has 0 fully saturated rings. The molecule has 0 unspecified atom stereocenters. The maximum absolute atomic E-state index is 12.3. The van der Waals surface area contributed by atoms with Crippen LogP contribution in [0.2, 0.25) is 0 Å². The predicted octanol–water partition coefficient (Wildman–Crippen LogP) is 2.66. The quantitative estimate of drug-likeness (QED) is 0.762. The van der Waals surface area contributed by atoms with Crippen LogP contribution in [0.4, 0.5) is 10.7 Å². The number of hydrogen-bond donors (Lipinski definition) is 1. The Bertz CT molecular complexity index is 851. The average Bonchev–Trinajstić information content (AvgIpc) is 3.05. The lowest BCUT2D eigenvalue weighted by atomic mass is 10.2. The van der Waals surface area contributed by atoms with Gasteiger partial charge in [-0.1, -0.05) is 15.9 Å². The van der Waals surface area contributed by atoms with E-state index in [2.05, 4.69) is 26.0 Å². The van der Waals surface area contributed by atoms with Crippen molar-refractivity contribution in [3.8, 4) is 5.75 Å². The maximum atomic E-state index is 12.3. The van der Waals surface area contributed by atoms with Crippen LogP contribution in [-0.4, -0.2) is 38.0 Å². The Kier molecular flexibility index (Phi) is 5.05. The van der Waals surface area contributed by atoms with Gasteiger partial charge in [0.05, 0.1) is 17.8 Å². The number of methoxy groups -OCH3 is 1. The lowest BCUT2D eigenvalue weighted by molar-refractivity contribution is -0.123. The first kappa shape index (κ1) is 17.4. The number of carbonyl (C=O) groups excluding carboxylic acids is 3. The molecule has 0 spiro atoms. The highest BCUT2D eigenvalue weighted by Crippen LogP contribution is 2.34. The van der Waals surface area contributed by atoms with Crippen LogP contribution in [-0.2, 0) is 14.3 Å². The third kappa shape index (κ3) is 3.83. The number of nitrogens with one attached hydrogen (secondary N) is 1. The largest absolute Gasteiger partial charge is 0.482 e. The smallest absolute Gasteiger partial charge is 0.348 e. The Hall–Kier alpha value is -2.39. The molecule has 7 nitrogen and oxygen atoms in total. The van der Waals surface area contributed by atoms with E-state index in [1.807, 2.05) is 0 Å². The highest BCUT2D eigenvalue weighted by Gasteiger charge is 2.27. The van der Waals surface area contributed by atoms with Crippen LogP contribution in [0.15, 0.2) is 34.8 Å². The summed E-state index contributed by atoms with van der Waals surface area (Å²) in [4.78, 5) is 37.6. The molecular formula is C16H13BrN2O5S. The average molecular weight is 425 g/mol. The minimum atomic E-state index is -0.464. The van der Waals surface area contributed by atoms with Crippen molar-refractivity contribution in [3.05, 3.63) is 39.7 Å². The first-order valence-corrected chi connectivity index (χ1v) is 8.79. The summed E-state index contributed by atoms with van der Waals surface area (Å²) in [6, 6.07) is 8.41. The molecule has 1 aromatic carbocycles. The van der Waals surface area contributed by atoms with E-state index in [1.54, 1.807) is 30.3 Å². The van der Waals surface area contributed by atoms with Gasteiger partial charge < -0.3 is 14.8 Å². The van der Waals surface area contributed by atoms with E-state index in [0.29, 0.717) is 21.3 Å². The van der Waals surface area contributed by atoms with Crippen LogP contribution < -0.4 is 15.0 Å². The second kappa shape index (κ2) is 7.24. The predicted molar refractivity (Wildman–Crippen MR) is 96.3 cm³/mol. The SMILES string of the molecule is COC(=O)c1ccc(NC(=O)CN2C(=O)COc3cc(Br)ccc32)s1. The van der Waals surface area contributed by atoms with E-state index in [4.69, 9.17) is 4.74 Å². The number of thiophene rings is 1. The monoisotopic (exact) mass is 424 g/mol. The molecule has 25 heavy (non-hydrogen) atoms. The Balaban J connectivity index is 1.72. The molecule has 0 bridgehead atoms. The van der Waals surface area contributed by atoms with E-state index < -0.39 is 5.97 Å². The minimum absolute atomic E-state index is 0.123. The summed E-state index contributed by atoms with van der Waals surface area (Å²) >= 11 is 4.44. The fourth-order valence-electron chi connectivity index (χ4n) is 2.29. The summed E-state index contributed by atoms with van der Waals surface area (Å²) in [7, 11) is 1.29. The van der Waals surface area contributed by atoms with Crippen molar-refractivity contribution >= 4 is 55.7 Å². The fraction of sp³-hybridized carbons (Fsp3) is 0.188. The van der Waals surface area contributed by atoms with E-state index >= 15 is 0 Å². The summed E-state index contributed by atoms with van der Waals surface area (Å²) in [6.45, 7) is -0.273. The summed E-state index contributed by atoms with van der Waals surface area (Å²) in [5, 5.41) is 3.18. The van der Waals surface area contributed by atoms with Crippen molar-refractivity contribution in [2.45, 2.75) is 0 Å². The zero-order valence-corrected chi connectivity index (χ0v) is 15.5. The standard InChI is InChI=1S/C16H13BrN2O5S/c1-23-16(22)12-4-5-14(25-12)18-13(20)7-19-10-3-2-9(17)6-11(10)24-8-15(19)21/h2-6H,7-8H2,1H3,(H,18,20). The van der Waals surface area contributed by atoms with Crippen molar-refractivity contribution in [1.29, 1.82) is 0 Å². The van der Waals surface area contributed by atoms with Crippen LogP contribution in [0.5, 0.6) is 5.75 Å². The van der Waals surface area contributed by atoms with Crippen molar-refractivity contribution in [3.63, 3.8) is 0 Å². The van der Waals surface area contributed by atoms with Gasteiger partial charge in [0.2, 0.25) is 5.91 Å². The van der Waals surface area contributed by atoms with Crippen molar-refractivity contribution in [1.82, 2.24) is 0 Å². The number of benzene rings is 1. The molecule has 0 atom stereocenters. The molecule has 2 amide bonds. The molecule has 1 aromatic heterocycles. The number of nitrogens with zero attached hydrogens (tertiary/aromatic N) is 1. The highest BCUT2D eigenvalue weighted by atomic mass is 79.9. The molecule has 0 saturated heterocycles. The molecule has 3 rings (SSSR count). The van der Waals surface area contributed by atoms with Crippen molar-refractivity contribution in [2.75, 3.05) is 30.5 Å². The number of carbonyl (C=O) groups is 3. The summed E-state index contributed by atoms with van der Waals surface area (Å²) in [6.07, 6.45) is 0. The molecule has 0 saturated carbocycles. The second-order valence-corrected chi connectivity index (χ2v) is 7.08. The third-order valence-corrected chi connectivity index (χ3v) is 4.90. The molecule has 1 aliphatic rings. The van der Waals surface area contributed by atoms with Crippen molar-refractivity contribution < 1.29 is 23.9 Å². The van der Waals surface area contributed by atoms with Gasteiger partial charge >= 0.3 is 5.97 Å². The topological polar surface area (TPSA) is 84.9 Å². The van der Waals surface area contributed by atoms with E-state index in [1.165, 1.54) is 12.0 Å². The number of ether oxygens (including phenoxy) is 2. The van der Waals surface area contributed by atoms with Gasteiger partial charge in [-0.05, 0) is 30.3 Å². The molecule has 1 N–H and O–H groups in total. The molecule has 0 radical (unpaired) electrons. The Morgan fingerprint density at radius 2 is 2.16 bits per heavy atom. The number of amides is 2. The number of esters is 1. The van der Waals surface area contributed by atoms with Gasteiger partial charge in [0, 0.05) is 4.47 Å². The van der Waals surface area contributed by atoms with Gasteiger partial charge in [-0.2, -0.15) is 0 Å². The molecule has 9 heteroatoms. The van der Waals surface area contributed by atoms with Gasteiger partial charge in [0.1, 0.15) is 17.2 Å². The Morgan fingerprint density at radius 1 is 1.36 bits per heavy atom. The van der Waals surface area contributed by atoms with Gasteiger partial charge in [0.25, 0.3) is 5.91 Å². The van der Waals surface area contributed by atoms with Gasteiger partial charge in [0.15, 0.2) is 6.61 Å². The van der Waals surface area contributed by atoms with Gasteiger partial charge in [-0.15, -0.1) is 11.3 Å². The number of halogens is 1. The Morgan fingerprint density at radius 3 is 2.92 bits per heavy atom. The van der Waals surface area contributed by atoms with Crippen LogP contribution >= 0.6 is 27.3 Å². The van der Waals surface area contributed by atoms with Crippen LogP contribution in [0.3, 0.4) is 0 Å². The summed E-state index contributed by atoms with van der Waals surface area (Å²) in [5.41, 5.74) is 0.538. The van der Waals surface area contributed by atoms with Gasteiger partial charge in [-0.25, -0.2) is 4.79 Å². The van der Waals surface area contributed by atoms with Crippen LogP contribution in [0, 0.1) is 0 Å². The lowest BCUT2D eigenvalue weighted by Crippen LogP contribution is -2.43. The van der Waals surface area contributed by atoms with E-state index in [0.717, 1.165) is 15.8 Å². The first-order valence-electron chi connectivity index (χ1n) is 7.18. The minimum Gasteiger partial charge on any atom is -0.482 e. The second-order valence-electron chi connectivity index (χ2n) is 5.08. The number of fused-ring (bicyclic) bond motifs is 1. The Labute approximate surface area is 155 Å². The van der Waals surface area contributed by atoms with Crippen LogP contribution in [0.1, 0.15) is 9.67 Å². The highest BCUT2D eigenvalue weighted by molar-refractivity contribution is 9.10.